The molecule has 0 N–H and O–H groups in total. The van der Waals surface area contributed by atoms with E-state index in [4.69, 9.17) is 0 Å². The number of rotatable bonds is 2. The van der Waals surface area contributed by atoms with Gasteiger partial charge in [0.15, 0.2) is 0 Å². The average molecular weight is 324 g/mol. The maximum absolute atomic E-state index is 2.29. The smallest absolute Gasteiger partial charge is 0.0148 e. The van der Waals surface area contributed by atoms with Crippen LogP contribution in [0.4, 0.5) is 0 Å². The van der Waals surface area contributed by atoms with Gasteiger partial charge in [0.25, 0.3) is 0 Å². The van der Waals surface area contributed by atoms with Crippen LogP contribution in [0.1, 0.15) is 0 Å². The number of benzene rings is 5. The van der Waals surface area contributed by atoms with E-state index in [1.165, 1.54) is 48.3 Å². The molecule has 114 valence electrons. The Hall–Kier alpha value is -2.51. The lowest BCUT2D eigenvalue weighted by atomic mass is 9.90. The number of hydrogen-bond acceptors (Lipinski definition) is 1. The molecule has 0 heterocycles. The normalized spacial score (nSPS) is 11.7. The Kier molecular flexibility index (Phi) is 3.04. The maximum atomic E-state index is 2.29. The summed E-state index contributed by atoms with van der Waals surface area (Å²) < 4.78 is 0. The molecule has 0 fully saturated rings. The van der Waals surface area contributed by atoms with Gasteiger partial charge in [-0.05, 0) is 55.8 Å². The van der Waals surface area contributed by atoms with Crippen LogP contribution in [-0.2, 0) is 0 Å². The van der Waals surface area contributed by atoms with E-state index in [1.54, 1.807) is 0 Å². The van der Waals surface area contributed by atoms with Crippen molar-refractivity contribution in [2.24, 2.45) is 0 Å². The van der Waals surface area contributed by atoms with Crippen LogP contribution in [0.3, 0.4) is 0 Å². The van der Waals surface area contributed by atoms with Gasteiger partial charge in [0.2, 0.25) is 0 Å². The molecule has 0 saturated carbocycles. The van der Waals surface area contributed by atoms with Gasteiger partial charge in [-0.25, -0.2) is 0 Å². The number of hydrogen-bond donors (Lipinski definition) is 0. The highest BCUT2D eigenvalue weighted by Gasteiger charge is 2.13. The van der Waals surface area contributed by atoms with E-state index in [-0.39, 0.29) is 0 Å². The van der Waals surface area contributed by atoms with Gasteiger partial charge in [0.1, 0.15) is 0 Å². The third kappa shape index (κ3) is 1.88. The largest absolute Gasteiger partial charge is 0.129 e. The average Bonchev–Trinajstić information content (AvgIpc) is 2.66. The van der Waals surface area contributed by atoms with Crippen molar-refractivity contribution in [3.63, 3.8) is 0 Å². The first-order valence-electron chi connectivity index (χ1n) is 8.17. The Morgan fingerprint density at radius 1 is 0.542 bits per heavy atom. The van der Waals surface area contributed by atoms with Crippen LogP contribution in [0.15, 0.2) is 83.8 Å². The van der Waals surface area contributed by atoms with E-state index < -0.39 is 0 Å². The first-order valence-corrected chi connectivity index (χ1v) is 9.39. The minimum Gasteiger partial charge on any atom is -0.129 e. The molecule has 0 amide bonds. The van der Waals surface area contributed by atoms with E-state index >= 15 is 0 Å². The van der Waals surface area contributed by atoms with Crippen molar-refractivity contribution >= 4 is 44.1 Å². The fourth-order valence-corrected chi connectivity index (χ4v) is 4.45. The molecular formula is C23H16S. The first-order chi connectivity index (χ1) is 11.9. The molecule has 0 bridgehead atoms. The molecular weight excluding hydrogens is 308 g/mol. The molecule has 5 aromatic rings. The molecule has 0 spiro atoms. The van der Waals surface area contributed by atoms with Crippen LogP contribution in [0.5, 0.6) is 0 Å². The van der Waals surface area contributed by atoms with Gasteiger partial charge in [0, 0.05) is 4.90 Å². The topological polar surface area (TPSA) is 0 Å². The fraction of sp³-hybridized carbons (Fsp3) is 0.0435. The number of thioether (sulfide) groups is 1. The molecule has 0 aliphatic carbocycles. The minimum absolute atomic E-state index is 1.32. The Bertz CT molecular complexity index is 1170. The van der Waals surface area contributed by atoms with E-state index in [0.29, 0.717) is 0 Å². The molecule has 0 saturated heterocycles. The summed E-state index contributed by atoms with van der Waals surface area (Å²) in [7, 11) is 0. The summed E-state index contributed by atoms with van der Waals surface area (Å²) in [4.78, 5) is 1.33. The maximum Gasteiger partial charge on any atom is 0.0148 e. The molecule has 0 nitrogen and oxygen atoms in total. The van der Waals surface area contributed by atoms with E-state index in [2.05, 4.69) is 85.1 Å². The molecule has 0 radical (unpaired) electrons. The van der Waals surface area contributed by atoms with Crippen molar-refractivity contribution in [3.05, 3.63) is 78.9 Å². The fourth-order valence-electron chi connectivity index (χ4n) is 3.84. The van der Waals surface area contributed by atoms with Crippen LogP contribution in [0.25, 0.3) is 43.4 Å². The summed E-state index contributed by atoms with van der Waals surface area (Å²) in [6.07, 6.45) is 2.15. The summed E-state index contributed by atoms with van der Waals surface area (Å²) in [5.74, 6) is 0. The molecule has 5 rings (SSSR count). The van der Waals surface area contributed by atoms with E-state index in [1.807, 2.05) is 11.8 Å². The summed E-state index contributed by atoms with van der Waals surface area (Å²) in [6, 6.07) is 28.8. The predicted molar refractivity (Wildman–Crippen MR) is 107 cm³/mol. The second kappa shape index (κ2) is 5.25. The van der Waals surface area contributed by atoms with Crippen LogP contribution >= 0.6 is 11.8 Å². The molecule has 0 atom stereocenters. The van der Waals surface area contributed by atoms with Crippen molar-refractivity contribution < 1.29 is 0 Å². The standard InChI is InChI=1S/C23H16S/c1-24-21-8-3-2-7-19(21)18-13-11-17-10-9-15-5-4-6-16-12-14-20(18)23(17)22(15)16/h2-14H,1H3. The highest BCUT2D eigenvalue weighted by molar-refractivity contribution is 7.98. The minimum atomic E-state index is 1.32. The molecule has 0 aliphatic rings. The lowest BCUT2D eigenvalue weighted by Crippen LogP contribution is -1.88. The molecule has 5 aromatic carbocycles. The SMILES string of the molecule is CSc1ccccc1-c1ccc2ccc3cccc4ccc1c2c34. The molecule has 24 heavy (non-hydrogen) atoms. The lowest BCUT2D eigenvalue weighted by molar-refractivity contribution is 1.46. The second-order valence-corrected chi connectivity index (χ2v) is 7.02. The van der Waals surface area contributed by atoms with Crippen molar-refractivity contribution in [2.45, 2.75) is 4.90 Å². The zero-order valence-electron chi connectivity index (χ0n) is 13.4. The summed E-state index contributed by atoms with van der Waals surface area (Å²) in [5, 5.41) is 8.08. The summed E-state index contributed by atoms with van der Waals surface area (Å²) >= 11 is 1.81. The van der Waals surface area contributed by atoms with Gasteiger partial charge >= 0.3 is 0 Å². The summed E-state index contributed by atoms with van der Waals surface area (Å²) in [6.45, 7) is 0. The Labute approximate surface area is 145 Å². The lowest BCUT2D eigenvalue weighted by Gasteiger charge is -2.15. The van der Waals surface area contributed by atoms with Gasteiger partial charge in [-0.2, -0.15) is 0 Å². The highest BCUT2D eigenvalue weighted by atomic mass is 32.2. The second-order valence-electron chi connectivity index (χ2n) is 6.17. The van der Waals surface area contributed by atoms with Crippen molar-refractivity contribution in [3.8, 4) is 11.1 Å². The van der Waals surface area contributed by atoms with Gasteiger partial charge in [0.05, 0.1) is 0 Å². The van der Waals surface area contributed by atoms with Gasteiger partial charge in [-0.15, -0.1) is 11.8 Å². The van der Waals surface area contributed by atoms with Crippen molar-refractivity contribution in [1.29, 1.82) is 0 Å². The molecule has 0 aliphatic heterocycles. The Morgan fingerprint density at radius 2 is 1.21 bits per heavy atom. The Morgan fingerprint density at radius 3 is 2.00 bits per heavy atom. The summed E-state index contributed by atoms with van der Waals surface area (Å²) in [5.41, 5.74) is 2.65. The molecule has 0 unspecified atom stereocenters. The monoisotopic (exact) mass is 324 g/mol. The predicted octanol–water partition coefficient (Wildman–Crippen LogP) is 6.97. The van der Waals surface area contributed by atoms with Crippen LogP contribution in [0, 0.1) is 0 Å². The molecule has 0 aromatic heterocycles. The molecule has 1 heteroatoms. The third-order valence-electron chi connectivity index (χ3n) is 4.93. The highest BCUT2D eigenvalue weighted by Crippen LogP contribution is 2.41. The Balaban J connectivity index is 1.98. The van der Waals surface area contributed by atoms with Crippen molar-refractivity contribution in [1.82, 2.24) is 0 Å². The van der Waals surface area contributed by atoms with E-state index in [0.717, 1.165) is 0 Å². The van der Waals surface area contributed by atoms with Crippen LogP contribution < -0.4 is 0 Å². The zero-order valence-corrected chi connectivity index (χ0v) is 14.2. The van der Waals surface area contributed by atoms with Crippen LogP contribution in [0.2, 0.25) is 0 Å². The van der Waals surface area contributed by atoms with Crippen molar-refractivity contribution in [2.75, 3.05) is 6.26 Å². The van der Waals surface area contributed by atoms with Gasteiger partial charge < -0.3 is 0 Å². The zero-order chi connectivity index (χ0) is 16.1. The van der Waals surface area contributed by atoms with Gasteiger partial charge in [-0.3, -0.25) is 0 Å². The third-order valence-corrected chi connectivity index (χ3v) is 5.72. The van der Waals surface area contributed by atoms with Gasteiger partial charge in [-0.1, -0.05) is 72.8 Å². The van der Waals surface area contributed by atoms with Crippen LogP contribution in [-0.4, -0.2) is 6.26 Å². The first kappa shape index (κ1) is 13.9. The quantitative estimate of drug-likeness (QED) is 0.249. The van der Waals surface area contributed by atoms with E-state index in [9.17, 15) is 0 Å².